The Labute approximate surface area is 164 Å². The van der Waals surface area contributed by atoms with Gasteiger partial charge in [-0.2, -0.15) is 10.2 Å². The number of aromatic nitrogens is 4. The molecule has 5 rings (SSSR count). The topological polar surface area (TPSA) is 67.5 Å². The summed E-state index contributed by atoms with van der Waals surface area (Å²) in [7, 11) is 0. The van der Waals surface area contributed by atoms with Crippen molar-refractivity contribution < 1.29 is 4.79 Å². The number of amides is 1. The molecule has 2 aliphatic rings. The molecular weight excluding hydrogens is 352 g/mol. The van der Waals surface area contributed by atoms with Crippen LogP contribution in [-0.4, -0.2) is 42.8 Å². The minimum Gasteiger partial charge on any atom is -0.346 e. The second-order valence-corrected chi connectivity index (χ2v) is 7.88. The lowest BCUT2D eigenvalue weighted by Gasteiger charge is -2.36. The highest BCUT2D eigenvalue weighted by molar-refractivity contribution is 6.00. The number of hydrogen-bond acceptors (Lipinski definition) is 4. The molecule has 28 heavy (non-hydrogen) atoms. The molecular formula is C21H26N6O. The van der Waals surface area contributed by atoms with Crippen LogP contribution >= 0.6 is 0 Å². The van der Waals surface area contributed by atoms with E-state index in [2.05, 4.69) is 26.1 Å². The van der Waals surface area contributed by atoms with E-state index in [1.54, 1.807) is 10.7 Å². The summed E-state index contributed by atoms with van der Waals surface area (Å²) >= 11 is 0. The molecule has 7 heteroatoms. The van der Waals surface area contributed by atoms with Gasteiger partial charge in [0.25, 0.3) is 5.91 Å². The van der Waals surface area contributed by atoms with Crippen LogP contribution in [0.2, 0.25) is 0 Å². The Bertz CT molecular complexity index is 984. The Hall–Kier alpha value is -2.67. The quantitative estimate of drug-likeness (QED) is 0.758. The zero-order valence-corrected chi connectivity index (χ0v) is 16.0. The Morgan fingerprint density at radius 2 is 2.07 bits per heavy atom. The van der Waals surface area contributed by atoms with Crippen molar-refractivity contribution in [3.05, 3.63) is 53.6 Å². The van der Waals surface area contributed by atoms with Crippen molar-refractivity contribution in [2.75, 3.05) is 6.54 Å². The van der Waals surface area contributed by atoms with Gasteiger partial charge in [-0.1, -0.05) is 25.3 Å². The fraction of sp³-hybridized carbons (Fsp3) is 0.476. The van der Waals surface area contributed by atoms with Gasteiger partial charge in [0.15, 0.2) is 0 Å². The number of carbonyl (C=O) groups is 1. The fourth-order valence-corrected chi connectivity index (χ4v) is 4.57. The SMILES string of the molecule is O=C(NCc1cc2n(n1)CCN(C1CCCCC1)C2)c1cnn2ccccc12. The Balaban J connectivity index is 1.24. The lowest BCUT2D eigenvalue weighted by Crippen LogP contribution is -2.42. The van der Waals surface area contributed by atoms with E-state index in [1.807, 2.05) is 24.4 Å². The van der Waals surface area contributed by atoms with E-state index >= 15 is 0 Å². The normalized spacial score (nSPS) is 18.3. The summed E-state index contributed by atoms with van der Waals surface area (Å²) in [6.45, 7) is 3.42. The van der Waals surface area contributed by atoms with Gasteiger partial charge in [0.05, 0.1) is 41.8 Å². The number of carbonyl (C=O) groups excluding carboxylic acids is 1. The Morgan fingerprint density at radius 3 is 2.96 bits per heavy atom. The molecule has 0 aromatic carbocycles. The molecule has 1 amide bonds. The van der Waals surface area contributed by atoms with Crippen LogP contribution in [-0.2, 0) is 19.6 Å². The molecule has 1 N–H and O–H groups in total. The molecule has 0 radical (unpaired) electrons. The van der Waals surface area contributed by atoms with Crippen LogP contribution < -0.4 is 5.32 Å². The van der Waals surface area contributed by atoms with E-state index in [0.717, 1.165) is 36.9 Å². The van der Waals surface area contributed by atoms with Crippen LogP contribution in [0.5, 0.6) is 0 Å². The fourth-order valence-electron chi connectivity index (χ4n) is 4.57. The number of nitrogens with one attached hydrogen (secondary N) is 1. The maximum absolute atomic E-state index is 12.6. The molecule has 1 fully saturated rings. The molecule has 4 heterocycles. The highest BCUT2D eigenvalue weighted by Crippen LogP contribution is 2.26. The van der Waals surface area contributed by atoms with Gasteiger partial charge in [0, 0.05) is 25.3 Å². The van der Waals surface area contributed by atoms with E-state index < -0.39 is 0 Å². The second-order valence-electron chi connectivity index (χ2n) is 7.88. The average molecular weight is 378 g/mol. The number of hydrogen-bond donors (Lipinski definition) is 1. The molecule has 1 aliphatic heterocycles. The first-order valence-corrected chi connectivity index (χ1v) is 10.3. The summed E-state index contributed by atoms with van der Waals surface area (Å²) in [4.78, 5) is 15.2. The van der Waals surface area contributed by atoms with Crippen LogP contribution in [0.1, 0.15) is 53.8 Å². The van der Waals surface area contributed by atoms with Gasteiger partial charge >= 0.3 is 0 Å². The third kappa shape index (κ3) is 3.30. The van der Waals surface area contributed by atoms with Crippen molar-refractivity contribution in [3.63, 3.8) is 0 Å². The van der Waals surface area contributed by atoms with E-state index in [-0.39, 0.29) is 5.91 Å². The molecule has 1 saturated carbocycles. The first kappa shape index (κ1) is 17.4. The molecule has 146 valence electrons. The lowest BCUT2D eigenvalue weighted by molar-refractivity contribution is 0.0952. The van der Waals surface area contributed by atoms with Gasteiger partial charge in [0.1, 0.15) is 0 Å². The Morgan fingerprint density at radius 1 is 1.18 bits per heavy atom. The number of pyridine rings is 1. The molecule has 0 saturated heterocycles. The van der Waals surface area contributed by atoms with Crippen molar-refractivity contribution in [3.8, 4) is 0 Å². The number of nitrogens with zero attached hydrogens (tertiary/aromatic N) is 5. The number of fused-ring (bicyclic) bond motifs is 2. The van der Waals surface area contributed by atoms with Crippen molar-refractivity contribution >= 4 is 11.4 Å². The maximum Gasteiger partial charge on any atom is 0.255 e. The van der Waals surface area contributed by atoms with Crippen molar-refractivity contribution in [2.24, 2.45) is 0 Å². The van der Waals surface area contributed by atoms with Gasteiger partial charge in [-0.05, 0) is 31.0 Å². The van der Waals surface area contributed by atoms with Crippen molar-refractivity contribution in [1.82, 2.24) is 29.6 Å². The minimum absolute atomic E-state index is 0.115. The predicted octanol–water partition coefficient (Wildman–Crippen LogP) is 2.61. The van der Waals surface area contributed by atoms with Gasteiger partial charge < -0.3 is 5.32 Å². The maximum atomic E-state index is 12.6. The third-order valence-corrected chi connectivity index (χ3v) is 6.07. The molecule has 7 nitrogen and oxygen atoms in total. The van der Waals surface area contributed by atoms with Crippen LogP contribution in [0.4, 0.5) is 0 Å². The van der Waals surface area contributed by atoms with E-state index in [4.69, 9.17) is 5.10 Å². The Kier molecular flexibility index (Phi) is 4.60. The van der Waals surface area contributed by atoms with E-state index in [0.29, 0.717) is 12.1 Å². The van der Waals surface area contributed by atoms with Crippen LogP contribution in [0, 0.1) is 0 Å². The largest absolute Gasteiger partial charge is 0.346 e. The van der Waals surface area contributed by atoms with Gasteiger partial charge in [-0.25, -0.2) is 4.52 Å². The summed E-state index contributed by atoms with van der Waals surface area (Å²) in [5, 5.41) is 11.9. The standard InChI is InChI=1S/C21H26N6O/c28-21(19-14-23-27-9-5-4-8-20(19)27)22-13-16-12-18-15-25(10-11-26(18)24-16)17-6-2-1-3-7-17/h4-5,8-9,12,14,17H,1-3,6-7,10-11,13,15H2,(H,22,28). The summed E-state index contributed by atoms with van der Waals surface area (Å²) in [6, 6.07) is 8.59. The summed E-state index contributed by atoms with van der Waals surface area (Å²) in [5.74, 6) is -0.115. The van der Waals surface area contributed by atoms with Crippen LogP contribution in [0.15, 0.2) is 36.7 Å². The second kappa shape index (κ2) is 7.39. The predicted molar refractivity (Wildman–Crippen MR) is 106 cm³/mol. The van der Waals surface area contributed by atoms with Crippen LogP contribution in [0.25, 0.3) is 5.52 Å². The molecule has 3 aromatic rings. The minimum atomic E-state index is -0.115. The molecule has 0 unspecified atom stereocenters. The van der Waals surface area contributed by atoms with Crippen molar-refractivity contribution in [1.29, 1.82) is 0 Å². The summed E-state index contributed by atoms with van der Waals surface area (Å²) in [5.41, 5.74) is 3.59. The smallest absolute Gasteiger partial charge is 0.255 e. The van der Waals surface area contributed by atoms with Crippen molar-refractivity contribution in [2.45, 2.75) is 57.8 Å². The third-order valence-electron chi connectivity index (χ3n) is 6.07. The highest BCUT2D eigenvalue weighted by atomic mass is 16.1. The molecule has 0 spiro atoms. The highest BCUT2D eigenvalue weighted by Gasteiger charge is 2.26. The lowest BCUT2D eigenvalue weighted by atomic mass is 9.94. The van der Waals surface area contributed by atoms with Gasteiger partial charge in [-0.15, -0.1) is 0 Å². The first-order valence-electron chi connectivity index (χ1n) is 10.3. The monoisotopic (exact) mass is 378 g/mol. The average Bonchev–Trinajstić information content (AvgIpc) is 3.36. The van der Waals surface area contributed by atoms with E-state index in [1.165, 1.54) is 37.8 Å². The van der Waals surface area contributed by atoms with Crippen LogP contribution in [0.3, 0.4) is 0 Å². The number of rotatable bonds is 4. The zero-order chi connectivity index (χ0) is 18.9. The molecule has 1 aliphatic carbocycles. The summed E-state index contributed by atoms with van der Waals surface area (Å²) in [6.07, 6.45) is 10.2. The summed E-state index contributed by atoms with van der Waals surface area (Å²) < 4.78 is 3.82. The molecule has 3 aromatic heterocycles. The first-order chi connectivity index (χ1) is 13.8. The molecule has 0 bridgehead atoms. The van der Waals surface area contributed by atoms with E-state index in [9.17, 15) is 4.79 Å². The van der Waals surface area contributed by atoms with Gasteiger partial charge in [-0.3, -0.25) is 14.4 Å². The molecule has 0 atom stereocenters. The zero-order valence-electron chi connectivity index (χ0n) is 16.0. The van der Waals surface area contributed by atoms with Gasteiger partial charge in [0.2, 0.25) is 0 Å².